The molecule has 0 fully saturated rings. The smallest absolute Gasteiger partial charge is 0.103 e. The van der Waals surface area contributed by atoms with E-state index in [1.165, 1.54) is 4.88 Å². The molecule has 0 spiro atoms. The van der Waals surface area contributed by atoms with Crippen LogP contribution in [0.15, 0.2) is 40.3 Å². The van der Waals surface area contributed by atoms with Gasteiger partial charge in [-0.05, 0) is 36.4 Å². The number of alkyl halides is 1. The highest BCUT2D eigenvalue weighted by Crippen LogP contribution is 2.18. The molecule has 0 bridgehead atoms. The van der Waals surface area contributed by atoms with Gasteiger partial charge in [-0.15, -0.1) is 22.9 Å². The van der Waals surface area contributed by atoms with Crippen molar-refractivity contribution in [3.05, 3.63) is 46.5 Å². The molecule has 1 atom stereocenters. The molecule has 0 aromatic carbocycles. The van der Waals surface area contributed by atoms with Crippen molar-refractivity contribution >= 4 is 22.9 Å². The van der Waals surface area contributed by atoms with Crippen molar-refractivity contribution in [3.8, 4) is 0 Å². The third-order valence-electron chi connectivity index (χ3n) is 2.29. The predicted molar refractivity (Wildman–Crippen MR) is 64.7 cm³/mol. The van der Waals surface area contributed by atoms with E-state index in [0.29, 0.717) is 0 Å². The normalized spacial score (nSPS) is 12.9. The molecule has 0 radical (unpaired) electrons. The van der Waals surface area contributed by atoms with Crippen LogP contribution < -0.4 is 0 Å². The molecule has 1 unspecified atom stereocenters. The van der Waals surface area contributed by atoms with Crippen molar-refractivity contribution in [2.45, 2.75) is 24.6 Å². The largest absolute Gasteiger partial charge is 0.469 e. The lowest BCUT2D eigenvalue weighted by Gasteiger charge is -2.06. The van der Waals surface area contributed by atoms with E-state index in [4.69, 9.17) is 16.0 Å². The van der Waals surface area contributed by atoms with Crippen LogP contribution in [-0.4, -0.2) is 5.38 Å². The van der Waals surface area contributed by atoms with Crippen molar-refractivity contribution in [3.63, 3.8) is 0 Å². The Morgan fingerprint density at radius 3 is 2.93 bits per heavy atom. The maximum absolute atomic E-state index is 6.25. The highest BCUT2D eigenvalue weighted by molar-refractivity contribution is 7.09. The molecule has 0 aliphatic heterocycles. The number of furan rings is 1. The van der Waals surface area contributed by atoms with Crippen LogP contribution in [-0.2, 0) is 12.8 Å². The number of hydrogen-bond acceptors (Lipinski definition) is 2. The zero-order valence-corrected chi connectivity index (χ0v) is 9.93. The Morgan fingerprint density at radius 1 is 1.33 bits per heavy atom. The van der Waals surface area contributed by atoms with Crippen molar-refractivity contribution in [1.82, 2.24) is 0 Å². The Kier molecular flexibility index (Phi) is 3.87. The Hall–Kier alpha value is -0.730. The zero-order chi connectivity index (χ0) is 10.5. The molecular formula is C12H13ClOS. The lowest BCUT2D eigenvalue weighted by atomic mass is 10.1. The van der Waals surface area contributed by atoms with E-state index in [0.717, 1.165) is 25.0 Å². The zero-order valence-electron chi connectivity index (χ0n) is 8.36. The van der Waals surface area contributed by atoms with E-state index in [1.807, 2.05) is 12.1 Å². The second-order valence-corrected chi connectivity index (χ2v) is 5.15. The molecular weight excluding hydrogens is 228 g/mol. The van der Waals surface area contributed by atoms with Crippen molar-refractivity contribution in [2.24, 2.45) is 0 Å². The SMILES string of the molecule is ClC(CCc1ccco1)Cc1cccs1. The molecule has 2 aromatic rings. The average molecular weight is 241 g/mol. The molecule has 0 aliphatic carbocycles. The minimum Gasteiger partial charge on any atom is -0.469 e. The summed E-state index contributed by atoms with van der Waals surface area (Å²) in [6.07, 6.45) is 4.55. The maximum Gasteiger partial charge on any atom is 0.103 e. The van der Waals surface area contributed by atoms with Gasteiger partial charge in [0.15, 0.2) is 0 Å². The van der Waals surface area contributed by atoms with E-state index in [9.17, 15) is 0 Å². The topological polar surface area (TPSA) is 13.1 Å². The van der Waals surface area contributed by atoms with Gasteiger partial charge in [0.25, 0.3) is 0 Å². The molecule has 0 saturated heterocycles. The van der Waals surface area contributed by atoms with Crippen LogP contribution in [0.1, 0.15) is 17.1 Å². The molecule has 0 amide bonds. The second-order valence-electron chi connectivity index (χ2n) is 3.50. The van der Waals surface area contributed by atoms with Gasteiger partial charge in [0.05, 0.1) is 6.26 Å². The molecule has 2 rings (SSSR count). The summed E-state index contributed by atoms with van der Waals surface area (Å²) in [6, 6.07) is 8.11. The summed E-state index contributed by atoms with van der Waals surface area (Å²) in [5.41, 5.74) is 0. The second kappa shape index (κ2) is 5.38. The monoisotopic (exact) mass is 240 g/mol. The van der Waals surface area contributed by atoms with Crippen LogP contribution in [0.5, 0.6) is 0 Å². The molecule has 0 N–H and O–H groups in total. The standard InChI is InChI=1S/C12H13ClOS/c13-10(9-12-4-2-8-15-12)5-6-11-3-1-7-14-11/h1-4,7-8,10H,5-6,9H2. The molecule has 80 valence electrons. The van der Waals surface area contributed by atoms with Crippen LogP contribution in [0.2, 0.25) is 0 Å². The van der Waals surface area contributed by atoms with E-state index < -0.39 is 0 Å². The van der Waals surface area contributed by atoms with Crippen molar-refractivity contribution in [2.75, 3.05) is 0 Å². The highest BCUT2D eigenvalue weighted by Gasteiger charge is 2.07. The van der Waals surface area contributed by atoms with Crippen LogP contribution in [0.4, 0.5) is 0 Å². The van der Waals surface area contributed by atoms with Crippen LogP contribution >= 0.6 is 22.9 Å². The Bertz CT molecular complexity index is 366. The summed E-state index contributed by atoms with van der Waals surface area (Å²) in [4.78, 5) is 1.36. The summed E-state index contributed by atoms with van der Waals surface area (Å²) in [6.45, 7) is 0. The average Bonchev–Trinajstić information content (AvgIpc) is 2.86. The fourth-order valence-electron chi connectivity index (χ4n) is 1.50. The molecule has 1 nitrogen and oxygen atoms in total. The minimum absolute atomic E-state index is 0.203. The highest BCUT2D eigenvalue weighted by atomic mass is 35.5. The van der Waals surface area contributed by atoms with Crippen molar-refractivity contribution < 1.29 is 4.42 Å². The predicted octanol–water partition coefficient (Wildman–Crippen LogP) is 4.12. The van der Waals surface area contributed by atoms with Gasteiger partial charge in [-0.1, -0.05) is 6.07 Å². The molecule has 0 saturated carbocycles. The molecule has 3 heteroatoms. The lowest BCUT2D eigenvalue weighted by molar-refractivity contribution is 0.499. The molecule has 15 heavy (non-hydrogen) atoms. The summed E-state index contributed by atoms with van der Waals surface area (Å²) in [5.74, 6) is 1.02. The number of aryl methyl sites for hydroxylation is 1. The van der Waals surface area contributed by atoms with Gasteiger partial charge in [0.1, 0.15) is 5.76 Å². The molecule has 2 aromatic heterocycles. The van der Waals surface area contributed by atoms with Gasteiger partial charge >= 0.3 is 0 Å². The molecule has 2 heterocycles. The minimum atomic E-state index is 0.203. The Balaban J connectivity index is 1.76. The van der Waals surface area contributed by atoms with Gasteiger partial charge in [0.2, 0.25) is 0 Å². The number of thiophene rings is 1. The van der Waals surface area contributed by atoms with Gasteiger partial charge in [-0.2, -0.15) is 0 Å². The first-order valence-corrected chi connectivity index (χ1v) is 6.35. The molecule has 0 aliphatic rings. The fourth-order valence-corrected chi connectivity index (χ4v) is 2.66. The van der Waals surface area contributed by atoms with Crippen molar-refractivity contribution in [1.29, 1.82) is 0 Å². The van der Waals surface area contributed by atoms with Gasteiger partial charge in [0, 0.05) is 16.7 Å². The number of hydrogen-bond donors (Lipinski definition) is 0. The van der Waals surface area contributed by atoms with Crippen LogP contribution in [0.25, 0.3) is 0 Å². The van der Waals surface area contributed by atoms with Gasteiger partial charge in [-0.25, -0.2) is 0 Å². The summed E-state index contributed by atoms with van der Waals surface area (Å²) in [5, 5.41) is 2.29. The summed E-state index contributed by atoms with van der Waals surface area (Å²) in [7, 11) is 0. The summed E-state index contributed by atoms with van der Waals surface area (Å²) < 4.78 is 5.26. The van der Waals surface area contributed by atoms with Crippen LogP contribution in [0, 0.1) is 0 Å². The fraction of sp³-hybridized carbons (Fsp3) is 0.333. The van der Waals surface area contributed by atoms with Gasteiger partial charge < -0.3 is 4.42 Å². The first-order chi connectivity index (χ1) is 7.34. The third kappa shape index (κ3) is 3.40. The third-order valence-corrected chi connectivity index (χ3v) is 3.56. The van der Waals surface area contributed by atoms with E-state index in [2.05, 4.69) is 17.5 Å². The Labute approximate surface area is 98.7 Å². The number of halogens is 1. The van der Waals surface area contributed by atoms with E-state index in [-0.39, 0.29) is 5.38 Å². The first-order valence-electron chi connectivity index (χ1n) is 5.03. The number of rotatable bonds is 5. The Morgan fingerprint density at radius 2 is 2.27 bits per heavy atom. The lowest BCUT2D eigenvalue weighted by Crippen LogP contribution is -2.03. The van der Waals surface area contributed by atoms with Crippen LogP contribution in [0.3, 0.4) is 0 Å². The quantitative estimate of drug-likeness (QED) is 0.717. The maximum atomic E-state index is 6.25. The van der Waals surface area contributed by atoms with E-state index in [1.54, 1.807) is 17.6 Å². The van der Waals surface area contributed by atoms with E-state index >= 15 is 0 Å². The van der Waals surface area contributed by atoms with Gasteiger partial charge in [-0.3, -0.25) is 0 Å². The first kappa shape index (κ1) is 10.8. The summed E-state index contributed by atoms with van der Waals surface area (Å²) >= 11 is 8.02.